The van der Waals surface area contributed by atoms with E-state index < -0.39 is 0 Å². The van der Waals surface area contributed by atoms with Crippen LogP contribution in [0, 0.1) is 11.7 Å². The van der Waals surface area contributed by atoms with Crippen LogP contribution in [0.1, 0.15) is 18.7 Å². The summed E-state index contributed by atoms with van der Waals surface area (Å²) in [6.45, 7) is 3.75. The summed E-state index contributed by atoms with van der Waals surface area (Å²) >= 11 is 5.09. The third-order valence-corrected chi connectivity index (χ3v) is 2.40. The Morgan fingerprint density at radius 2 is 2.21 bits per heavy atom. The third-order valence-electron chi connectivity index (χ3n) is 2.09. The summed E-state index contributed by atoms with van der Waals surface area (Å²) in [6, 6.07) is -0.248. The fraction of sp³-hybridized carbons (Fsp3) is 0.556. The SMILES string of the molecule is Cc1cn(C(C)C(=O)N(C)C)c(=S)[nH]1. The van der Waals surface area contributed by atoms with Crippen molar-refractivity contribution in [2.24, 2.45) is 0 Å². The highest BCUT2D eigenvalue weighted by Crippen LogP contribution is 2.10. The van der Waals surface area contributed by atoms with Gasteiger partial charge in [0.25, 0.3) is 0 Å². The van der Waals surface area contributed by atoms with Crippen molar-refractivity contribution >= 4 is 18.1 Å². The predicted octanol–water partition coefficient (Wildman–Crippen LogP) is 1.50. The molecule has 1 N–H and O–H groups in total. The van der Waals surface area contributed by atoms with Gasteiger partial charge in [-0.3, -0.25) is 4.79 Å². The maximum absolute atomic E-state index is 11.6. The number of aryl methyl sites for hydroxylation is 1. The van der Waals surface area contributed by atoms with Crippen molar-refractivity contribution in [2.75, 3.05) is 14.1 Å². The molecule has 0 spiro atoms. The first-order valence-electron chi connectivity index (χ1n) is 4.42. The Bertz CT molecular complexity index is 391. The number of H-pyrrole nitrogens is 1. The number of imidazole rings is 1. The van der Waals surface area contributed by atoms with Crippen LogP contribution in [-0.4, -0.2) is 34.5 Å². The lowest BCUT2D eigenvalue weighted by Crippen LogP contribution is -2.29. The number of nitrogens with zero attached hydrogens (tertiary/aromatic N) is 2. The Morgan fingerprint density at radius 1 is 1.64 bits per heavy atom. The molecule has 14 heavy (non-hydrogen) atoms. The molecule has 0 aliphatic carbocycles. The lowest BCUT2D eigenvalue weighted by Gasteiger charge is -2.17. The van der Waals surface area contributed by atoms with Crippen molar-refractivity contribution in [2.45, 2.75) is 19.9 Å². The van der Waals surface area contributed by atoms with Crippen LogP contribution in [0.5, 0.6) is 0 Å². The molecular formula is C9H15N3OS. The lowest BCUT2D eigenvalue weighted by molar-refractivity contribution is -0.131. The first kappa shape index (κ1) is 11.0. The van der Waals surface area contributed by atoms with E-state index in [0.29, 0.717) is 4.77 Å². The molecule has 0 saturated carbocycles. The fourth-order valence-electron chi connectivity index (χ4n) is 1.31. The van der Waals surface area contributed by atoms with Gasteiger partial charge in [-0.1, -0.05) is 0 Å². The van der Waals surface area contributed by atoms with E-state index in [1.165, 1.54) is 0 Å². The number of aromatic nitrogens is 2. The van der Waals surface area contributed by atoms with Gasteiger partial charge < -0.3 is 14.5 Å². The Balaban J connectivity index is 3.00. The van der Waals surface area contributed by atoms with Gasteiger partial charge in [-0.25, -0.2) is 0 Å². The minimum absolute atomic E-state index is 0.0418. The number of amides is 1. The smallest absolute Gasteiger partial charge is 0.244 e. The van der Waals surface area contributed by atoms with E-state index in [0.717, 1.165) is 5.69 Å². The van der Waals surface area contributed by atoms with Gasteiger partial charge >= 0.3 is 0 Å². The van der Waals surface area contributed by atoms with Crippen molar-refractivity contribution in [3.8, 4) is 0 Å². The molecule has 78 valence electrons. The van der Waals surface area contributed by atoms with Crippen LogP contribution in [0.25, 0.3) is 0 Å². The average molecular weight is 213 g/mol. The first-order chi connectivity index (χ1) is 6.43. The van der Waals surface area contributed by atoms with Gasteiger partial charge in [0.15, 0.2) is 4.77 Å². The minimum atomic E-state index is -0.248. The van der Waals surface area contributed by atoms with Crippen LogP contribution in [0.3, 0.4) is 0 Å². The standard InChI is InChI=1S/C9H15N3OS/c1-6-5-12(9(14)10-6)7(2)8(13)11(3)4/h5,7H,1-4H3,(H,10,14). The van der Waals surface area contributed by atoms with Gasteiger partial charge in [-0.15, -0.1) is 0 Å². The summed E-state index contributed by atoms with van der Waals surface area (Å²) in [6.07, 6.45) is 1.86. The topological polar surface area (TPSA) is 41.0 Å². The second-order valence-electron chi connectivity index (χ2n) is 3.56. The summed E-state index contributed by atoms with van der Waals surface area (Å²) in [5.74, 6) is 0.0418. The van der Waals surface area contributed by atoms with Gasteiger partial charge in [0.05, 0.1) is 0 Å². The van der Waals surface area contributed by atoms with Crippen LogP contribution >= 0.6 is 12.2 Å². The minimum Gasteiger partial charge on any atom is -0.347 e. The Hall–Kier alpha value is -1.10. The van der Waals surface area contributed by atoms with Gasteiger partial charge in [0, 0.05) is 26.0 Å². The number of carbonyl (C=O) groups excluding carboxylic acids is 1. The van der Waals surface area contributed by atoms with Crippen LogP contribution in [0.15, 0.2) is 6.20 Å². The van der Waals surface area contributed by atoms with Crippen molar-refractivity contribution < 1.29 is 4.79 Å². The Kier molecular flexibility index (Phi) is 3.10. The molecule has 0 bridgehead atoms. The van der Waals surface area contributed by atoms with Crippen LogP contribution in [0.2, 0.25) is 0 Å². The number of likely N-dealkylation sites (N-methyl/N-ethyl adjacent to an activating group) is 1. The second-order valence-corrected chi connectivity index (χ2v) is 3.94. The molecule has 1 amide bonds. The van der Waals surface area contributed by atoms with Crippen LogP contribution < -0.4 is 0 Å². The third kappa shape index (κ3) is 2.04. The zero-order valence-corrected chi connectivity index (χ0v) is 9.68. The zero-order valence-electron chi connectivity index (χ0n) is 8.87. The summed E-state index contributed by atoms with van der Waals surface area (Å²) in [7, 11) is 3.48. The van der Waals surface area contributed by atoms with Gasteiger partial charge in [-0.05, 0) is 26.1 Å². The summed E-state index contributed by atoms with van der Waals surface area (Å²) in [5.41, 5.74) is 0.966. The molecule has 0 saturated heterocycles. The largest absolute Gasteiger partial charge is 0.347 e. The number of hydrogen-bond donors (Lipinski definition) is 1. The Labute approximate surface area is 88.5 Å². The quantitative estimate of drug-likeness (QED) is 0.756. The molecule has 1 heterocycles. The number of aromatic amines is 1. The van der Waals surface area contributed by atoms with Gasteiger partial charge in [0.1, 0.15) is 6.04 Å². The van der Waals surface area contributed by atoms with Crippen molar-refractivity contribution in [3.05, 3.63) is 16.7 Å². The molecule has 4 nitrogen and oxygen atoms in total. The Morgan fingerprint density at radius 3 is 2.57 bits per heavy atom. The van der Waals surface area contributed by atoms with E-state index >= 15 is 0 Å². The van der Waals surface area contributed by atoms with Gasteiger partial charge in [-0.2, -0.15) is 0 Å². The average Bonchev–Trinajstić information content (AvgIpc) is 2.42. The zero-order chi connectivity index (χ0) is 10.9. The number of carbonyl (C=O) groups is 1. The molecule has 0 aliphatic rings. The van der Waals surface area contributed by atoms with E-state index in [9.17, 15) is 4.79 Å². The van der Waals surface area contributed by atoms with Crippen LogP contribution in [0.4, 0.5) is 0 Å². The van der Waals surface area contributed by atoms with Crippen molar-refractivity contribution in [1.29, 1.82) is 0 Å². The summed E-state index contributed by atoms with van der Waals surface area (Å²) in [4.78, 5) is 16.2. The molecule has 0 aliphatic heterocycles. The highest BCUT2D eigenvalue weighted by atomic mass is 32.1. The van der Waals surface area contributed by atoms with Crippen LogP contribution in [-0.2, 0) is 4.79 Å². The fourth-order valence-corrected chi connectivity index (χ4v) is 1.68. The predicted molar refractivity (Wildman–Crippen MR) is 57.8 cm³/mol. The summed E-state index contributed by atoms with van der Waals surface area (Å²) in [5, 5.41) is 0. The number of rotatable bonds is 2. The molecule has 5 heteroatoms. The molecule has 1 aromatic heterocycles. The molecular weight excluding hydrogens is 198 g/mol. The molecule has 1 atom stereocenters. The molecule has 1 unspecified atom stereocenters. The second kappa shape index (κ2) is 3.96. The van der Waals surface area contributed by atoms with E-state index in [2.05, 4.69) is 4.98 Å². The van der Waals surface area contributed by atoms with E-state index in [4.69, 9.17) is 12.2 Å². The van der Waals surface area contributed by atoms with Crippen molar-refractivity contribution in [3.63, 3.8) is 0 Å². The lowest BCUT2D eigenvalue weighted by atomic mass is 10.3. The summed E-state index contributed by atoms with van der Waals surface area (Å²) < 4.78 is 2.36. The normalized spacial score (nSPS) is 12.6. The molecule has 1 aromatic rings. The van der Waals surface area contributed by atoms with E-state index in [-0.39, 0.29) is 11.9 Å². The molecule has 0 radical (unpaired) electrons. The van der Waals surface area contributed by atoms with Crippen molar-refractivity contribution in [1.82, 2.24) is 14.5 Å². The molecule has 0 aromatic carbocycles. The maximum Gasteiger partial charge on any atom is 0.244 e. The monoisotopic (exact) mass is 213 g/mol. The molecule has 0 fully saturated rings. The first-order valence-corrected chi connectivity index (χ1v) is 4.83. The number of nitrogens with one attached hydrogen (secondary N) is 1. The maximum atomic E-state index is 11.6. The highest BCUT2D eigenvalue weighted by molar-refractivity contribution is 7.71. The van der Waals surface area contributed by atoms with E-state index in [1.54, 1.807) is 23.6 Å². The van der Waals surface area contributed by atoms with Gasteiger partial charge in [0.2, 0.25) is 5.91 Å². The molecule has 1 rings (SSSR count). The number of hydrogen-bond acceptors (Lipinski definition) is 2. The van der Waals surface area contributed by atoms with E-state index in [1.807, 2.05) is 20.0 Å². The highest BCUT2D eigenvalue weighted by Gasteiger charge is 2.17.